The normalized spacial score (nSPS) is 10.6. The van der Waals surface area contributed by atoms with Gasteiger partial charge >= 0.3 is 0 Å². The molecule has 0 bridgehead atoms. The second-order valence-electron chi connectivity index (χ2n) is 4.68. The van der Waals surface area contributed by atoms with Gasteiger partial charge in [0.2, 0.25) is 0 Å². The smallest absolute Gasteiger partial charge is 0.255 e. The molecule has 20 heavy (non-hydrogen) atoms. The third-order valence-corrected chi connectivity index (χ3v) is 4.42. The molecule has 0 saturated carbocycles. The molecule has 5 heteroatoms. The molecule has 1 amide bonds. The lowest BCUT2D eigenvalue weighted by Gasteiger charge is -2.22. The number of carbonyl (C=O) groups is 1. The Kier molecular flexibility index (Phi) is 8.19. The SMILES string of the molecule is CCCCCCN(CCO)C(=O)c1cccc(Br)c1Cl. The fraction of sp³-hybridized carbons (Fsp3) is 0.533. The molecule has 0 saturated heterocycles. The van der Waals surface area contributed by atoms with Crippen molar-refractivity contribution < 1.29 is 9.90 Å². The first-order chi connectivity index (χ1) is 9.61. The minimum absolute atomic E-state index is 0.0366. The minimum Gasteiger partial charge on any atom is -0.395 e. The molecule has 1 N–H and O–H groups in total. The van der Waals surface area contributed by atoms with Gasteiger partial charge in [-0.25, -0.2) is 0 Å². The van der Waals surface area contributed by atoms with Crippen molar-refractivity contribution in [2.24, 2.45) is 0 Å². The Morgan fingerprint density at radius 3 is 2.70 bits per heavy atom. The highest BCUT2D eigenvalue weighted by Crippen LogP contribution is 2.27. The highest BCUT2D eigenvalue weighted by molar-refractivity contribution is 9.10. The Balaban J connectivity index is 2.74. The number of unbranched alkanes of at least 4 members (excludes halogenated alkanes) is 3. The number of hydrogen-bond acceptors (Lipinski definition) is 2. The maximum absolute atomic E-state index is 12.5. The van der Waals surface area contributed by atoms with Crippen LogP contribution in [-0.2, 0) is 0 Å². The van der Waals surface area contributed by atoms with E-state index in [0.717, 1.165) is 19.3 Å². The van der Waals surface area contributed by atoms with E-state index in [-0.39, 0.29) is 12.5 Å². The molecule has 0 unspecified atom stereocenters. The number of nitrogens with zero attached hydrogens (tertiary/aromatic N) is 1. The Morgan fingerprint density at radius 2 is 2.05 bits per heavy atom. The van der Waals surface area contributed by atoms with Crippen LogP contribution in [-0.4, -0.2) is 35.6 Å². The van der Waals surface area contributed by atoms with E-state index in [1.165, 1.54) is 6.42 Å². The fourth-order valence-electron chi connectivity index (χ4n) is 2.00. The van der Waals surface area contributed by atoms with Crippen LogP contribution in [0.4, 0.5) is 0 Å². The van der Waals surface area contributed by atoms with Crippen LogP contribution >= 0.6 is 27.5 Å². The van der Waals surface area contributed by atoms with Gasteiger partial charge in [0.1, 0.15) is 0 Å². The van der Waals surface area contributed by atoms with E-state index in [2.05, 4.69) is 22.9 Å². The van der Waals surface area contributed by atoms with E-state index in [1.54, 1.807) is 23.1 Å². The van der Waals surface area contributed by atoms with Gasteiger partial charge in [-0.1, -0.05) is 43.9 Å². The molecule has 0 atom stereocenters. The predicted molar refractivity (Wildman–Crippen MR) is 86.3 cm³/mol. The van der Waals surface area contributed by atoms with Crippen LogP contribution in [0, 0.1) is 0 Å². The Morgan fingerprint density at radius 1 is 1.30 bits per heavy atom. The van der Waals surface area contributed by atoms with Crippen LogP contribution < -0.4 is 0 Å². The van der Waals surface area contributed by atoms with Gasteiger partial charge in [-0.2, -0.15) is 0 Å². The number of hydrogen-bond donors (Lipinski definition) is 1. The van der Waals surface area contributed by atoms with Crippen molar-refractivity contribution >= 4 is 33.4 Å². The van der Waals surface area contributed by atoms with Crippen LogP contribution in [0.25, 0.3) is 0 Å². The second kappa shape index (κ2) is 9.37. The van der Waals surface area contributed by atoms with Crippen LogP contribution in [0.2, 0.25) is 5.02 Å². The van der Waals surface area contributed by atoms with Gasteiger partial charge in [-0.05, 0) is 34.5 Å². The first-order valence-corrected chi connectivity index (χ1v) is 8.13. The molecular weight excluding hydrogens is 342 g/mol. The summed E-state index contributed by atoms with van der Waals surface area (Å²) in [6.45, 7) is 3.11. The van der Waals surface area contributed by atoms with Crippen molar-refractivity contribution in [2.75, 3.05) is 19.7 Å². The average Bonchev–Trinajstić information content (AvgIpc) is 2.44. The summed E-state index contributed by atoms with van der Waals surface area (Å²) in [5.74, 6) is -0.123. The third kappa shape index (κ3) is 5.08. The standard InChI is InChI=1S/C15H21BrClNO2/c1-2-3-4-5-9-18(10-11-19)15(20)12-7-6-8-13(16)14(12)17/h6-8,19H,2-5,9-11H2,1H3. The van der Waals surface area contributed by atoms with E-state index in [9.17, 15) is 4.79 Å². The summed E-state index contributed by atoms with van der Waals surface area (Å²) in [4.78, 5) is 14.2. The quantitative estimate of drug-likeness (QED) is 0.707. The zero-order valence-electron chi connectivity index (χ0n) is 11.7. The molecule has 0 aliphatic rings. The van der Waals surface area contributed by atoms with Crippen molar-refractivity contribution in [3.05, 3.63) is 33.3 Å². The third-order valence-electron chi connectivity index (χ3n) is 3.12. The molecule has 0 aromatic heterocycles. The lowest BCUT2D eigenvalue weighted by atomic mass is 10.1. The Bertz CT molecular complexity index is 440. The van der Waals surface area contributed by atoms with Crippen molar-refractivity contribution in [1.29, 1.82) is 0 Å². The summed E-state index contributed by atoms with van der Waals surface area (Å²) in [6.07, 6.45) is 4.37. The number of aliphatic hydroxyl groups excluding tert-OH is 1. The second-order valence-corrected chi connectivity index (χ2v) is 5.91. The number of benzene rings is 1. The largest absolute Gasteiger partial charge is 0.395 e. The minimum atomic E-state index is -0.123. The van der Waals surface area contributed by atoms with Crippen LogP contribution in [0.1, 0.15) is 43.0 Å². The summed E-state index contributed by atoms with van der Waals surface area (Å²) >= 11 is 9.48. The molecule has 3 nitrogen and oxygen atoms in total. The van der Waals surface area contributed by atoms with Gasteiger partial charge in [0, 0.05) is 17.6 Å². The van der Waals surface area contributed by atoms with Crippen LogP contribution in [0.3, 0.4) is 0 Å². The molecule has 0 aliphatic heterocycles. The van der Waals surface area contributed by atoms with Gasteiger partial charge in [0.15, 0.2) is 0 Å². The maximum atomic E-state index is 12.5. The monoisotopic (exact) mass is 361 g/mol. The molecule has 1 aromatic rings. The zero-order chi connectivity index (χ0) is 15.0. The van der Waals surface area contributed by atoms with Crippen molar-refractivity contribution in [3.8, 4) is 0 Å². The maximum Gasteiger partial charge on any atom is 0.255 e. The van der Waals surface area contributed by atoms with Gasteiger partial charge in [0.05, 0.1) is 17.2 Å². The first-order valence-electron chi connectivity index (χ1n) is 6.96. The fourth-order valence-corrected chi connectivity index (χ4v) is 2.58. The summed E-state index contributed by atoms with van der Waals surface area (Å²) < 4.78 is 0.708. The first kappa shape index (κ1) is 17.5. The molecule has 112 valence electrons. The Labute approximate surface area is 134 Å². The van der Waals surface area contributed by atoms with Crippen molar-refractivity contribution in [2.45, 2.75) is 32.6 Å². The molecule has 0 fully saturated rings. The predicted octanol–water partition coefficient (Wildman–Crippen LogP) is 4.12. The number of halogens is 2. The van der Waals surface area contributed by atoms with Crippen LogP contribution in [0.5, 0.6) is 0 Å². The highest BCUT2D eigenvalue weighted by Gasteiger charge is 2.18. The van der Waals surface area contributed by atoms with Gasteiger partial charge < -0.3 is 10.0 Å². The number of carbonyl (C=O) groups excluding carboxylic acids is 1. The number of rotatable bonds is 8. The summed E-state index contributed by atoms with van der Waals surface area (Å²) in [5.41, 5.74) is 0.477. The van der Waals surface area contributed by atoms with E-state index in [0.29, 0.717) is 28.1 Å². The van der Waals surface area contributed by atoms with E-state index in [4.69, 9.17) is 16.7 Å². The topological polar surface area (TPSA) is 40.5 Å². The summed E-state index contributed by atoms with van der Waals surface area (Å²) in [7, 11) is 0. The molecule has 0 radical (unpaired) electrons. The molecule has 0 heterocycles. The van der Waals surface area contributed by atoms with E-state index in [1.807, 2.05) is 0 Å². The van der Waals surface area contributed by atoms with Gasteiger partial charge in [-0.15, -0.1) is 0 Å². The molecule has 0 aliphatic carbocycles. The van der Waals surface area contributed by atoms with Crippen LogP contribution in [0.15, 0.2) is 22.7 Å². The summed E-state index contributed by atoms with van der Waals surface area (Å²) in [5, 5.41) is 9.55. The average molecular weight is 363 g/mol. The lowest BCUT2D eigenvalue weighted by Crippen LogP contribution is -2.34. The summed E-state index contributed by atoms with van der Waals surface area (Å²) in [6, 6.07) is 5.31. The molecular formula is C15H21BrClNO2. The molecule has 1 aromatic carbocycles. The van der Waals surface area contributed by atoms with Crippen molar-refractivity contribution in [1.82, 2.24) is 4.90 Å². The Hall–Kier alpha value is -0.580. The van der Waals surface area contributed by atoms with Gasteiger partial charge in [0.25, 0.3) is 5.91 Å². The number of aliphatic hydroxyl groups is 1. The van der Waals surface area contributed by atoms with Gasteiger partial charge in [-0.3, -0.25) is 4.79 Å². The highest BCUT2D eigenvalue weighted by atomic mass is 79.9. The lowest BCUT2D eigenvalue weighted by molar-refractivity contribution is 0.0718. The van der Waals surface area contributed by atoms with E-state index < -0.39 is 0 Å². The van der Waals surface area contributed by atoms with E-state index >= 15 is 0 Å². The number of amides is 1. The van der Waals surface area contributed by atoms with Crippen molar-refractivity contribution in [3.63, 3.8) is 0 Å². The zero-order valence-corrected chi connectivity index (χ0v) is 14.1. The molecule has 0 spiro atoms. The molecule has 1 rings (SSSR count).